The van der Waals surface area contributed by atoms with Crippen LogP contribution in [-0.2, 0) is 14.3 Å². The molecule has 0 aliphatic rings. The smallest absolute Gasteiger partial charge is 0.305 e. The molecule has 2 unspecified atom stereocenters. The molecule has 0 aromatic carbocycles. The average molecular weight is 1140 g/mol. The first-order valence-corrected chi connectivity index (χ1v) is 36.8. The van der Waals surface area contributed by atoms with Crippen LogP contribution in [0.3, 0.4) is 0 Å². The second-order valence-corrected chi connectivity index (χ2v) is 25.3. The number of amides is 1. The van der Waals surface area contributed by atoms with Gasteiger partial charge < -0.3 is 20.3 Å². The first-order valence-electron chi connectivity index (χ1n) is 36.8. The van der Waals surface area contributed by atoms with Crippen molar-refractivity contribution in [3.63, 3.8) is 0 Å². The maximum atomic E-state index is 12.5. The van der Waals surface area contributed by atoms with E-state index < -0.39 is 12.1 Å². The summed E-state index contributed by atoms with van der Waals surface area (Å²) >= 11 is 0. The fourth-order valence-electron chi connectivity index (χ4n) is 11.6. The van der Waals surface area contributed by atoms with Gasteiger partial charge in [-0.2, -0.15) is 0 Å². The van der Waals surface area contributed by atoms with Gasteiger partial charge in [0.2, 0.25) is 5.91 Å². The number of unbranched alkanes of at least 4 members (excludes halogenated alkanes) is 54. The first kappa shape index (κ1) is 79.1. The molecule has 0 spiro atoms. The number of carbonyl (C=O) groups is 2. The van der Waals surface area contributed by atoms with Gasteiger partial charge in [0, 0.05) is 12.8 Å². The van der Waals surface area contributed by atoms with E-state index in [1.165, 1.54) is 327 Å². The highest BCUT2D eigenvalue weighted by Gasteiger charge is 2.18. The second kappa shape index (κ2) is 70.6. The lowest BCUT2D eigenvalue weighted by Gasteiger charge is -2.20. The summed E-state index contributed by atoms with van der Waals surface area (Å²) in [6.45, 7) is 4.87. The summed E-state index contributed by atoms with van der Waals surface area (Å²) in [6, 6.07) is -0.625. The number of carbonyl (C=O) groups excluding carboxylic acids is 2. The van der Waals surface area contributed by atoms with Gasteiger partial charge in [-0.1, -0.05) is 371 Å². The van der Waals surface area contributed by atoms with Crippen LogP contribution in [0.1, 0.15) is 406 Å². The van der Waals surface area contributed by atoms with Crippen LogP contribution in [-0.4, -0.2) is 47.4 Å². The van der Waals surface area contributed by atoms with E-state index in [0.717, 1.165) is 51.4 Å². The monoisotopic (exact) mass is 1140 g/mol. The van der Waals surface area contributed by atoms with Crippen molar-refractivity contribution < 1.29 is 24.5 Å². The minimum Gasteiger partial charge on any atom is -0.466 e. The third-order valence-electron chi connectivity index (χ3n) is 17.1. The topological polar surface area (TPSA) is 95.9 Å². The molecule has 6 heteroatoms. The Morgan fingerprint density at radius 2 is 0.642 bits per heavy atom. The fourth-order valence-corrected chi connectivity index (χ4v) is 11.6. The minimum atomic E-state index is -0.842. The van der Waals surface area contributed by atoms with Crippen LogP contribution in [0.15, 0.2) is 36.5 Å². The van der Waals surface area contributed by atoms with Crippen LogP contribution in [0, 0.1) is 0 Å². The molecule has 0 saturated carbocycles. The van der Waals surface area contributed by atoms with Gasteiger partial charge in [-0.3, -0.25) is 9.59 Å². The highest BCUT2D eigenvalue weighted by atomic mass is 16.5. The first-order chi connectivity index (χ1) is 40.0. The number of allylic oxidation sites excluding steroid dienone is 5. The number of rotatable bonds is 69. The fraction of sp³-hybridized carbons (Fsp3) is 0.893. The standard InChI is InChI=1S/C75H143NO5/c1-3-5-7-9-11-13-15-17-18-19-34-37-40-44-47-51-55-59-63-67-73(78)72(71-77)76-74(79)68-64-60-56-52-48-45-41-38-35-32-30-28-26-24-22-20-21-23-25-27-29-31-33-36-39-42-46-50-54-58-62-66-70-81-75(80)69-65-61-57-53-49-43-16-14-12-10-8-6-4-2/h8,10,14,16,63,67,72-73,77-78H,3-7,9,11-13,15,17-62,64-66,68-71H2,1-2H3,(H,76,79)/b10-8-,16-14-,67-63+. The van der Waals surface area contributed by atoms with Crippen LogP contribution in [0.5, 0.6) is 0 Å². The molecule has 81 heavy (non-hydrogen) atoms. The molecule has 0 radical (unpaired) electrons. The molecule has 0 bridgehead atoms. The van der Waals surface area contributed by atoms with Gasteiger partial charge in [-0.25, -0.2) is 0 Å². The molecule has 0 saturated heterocycles. The van der Waals surface area contributed by atoms with Gasteiger partial charge in [-0.05, 0) is 57.8 Å². The SMILES string of the molecule is CCC/C=C\C/C=C\CCCCCCCC(=O)OCCCCCCCCCCCCCCCCCCCCCCCCCCCCCCCCCCC(=O)NC(CO)C(O)/C=C/CCCCCCCCCCCCCCCCCCC. The van der Waals surface area contributed by atoms with Crippen LogP contribution < -0.4 is 5.32 Å². The van der Waals surface area contributed by atoms with Gasteiger partial charge in [0.1, 0.15) is 0 Å². The van der Waals surface area contributed by atoms with E-state index in [1.807, 2.05) is 6.08 Å². The second-order valence-electron chi connectivity index (χ2n) is 25.3. The molecule has 1 amide bonds. The van der Waals surface area contributed by atoms with Crippen molar-refractivity contribution in [1.82, 2.24) is 5.32 Å². The van der Waals surface area contributed by atoms with E-state index in [0.29, 0.717) is 19.4 Å². The predicted molar refractivity (Wildman–Crippen MR) is 356 cm³/mol. The zero-order chi connectivity index (χ0) is 58.5. The van der Waals surface area contributed by atoms with Crippen molar-refractivity contribution in [2.75, 3.05) is 13.2 Å². The number of aliphatic hydroxyl groups excluding tert-OH is 2. The summed E-state index contributed by atoms with van der Waals surface area (Å²) in [7, 11) is 0. The largest absolute Gasteiger partial charge is 0.466 e. The Bertz CT molecular complexity index is 1310. The Kier molecular flexibility index (Phi) is 68.9. The third-order valence-corrected chi connectivity index (χ3v) is 17.1. The zero-order valence-corrected chi connectivity index (χ0v) is 54.8. The molecule has 0 heterocycles. The van der Waals surface area contributed by atoms with E-state index in [2.05, 4.69) is 43.5 Å². The highest BCUT2D eigenvalue weighted by molar-refractivity contribution is 5.76. The lowest BCUT2D eigenvalue weighted by Crippen LogP contribution is -2.45. The molecule has 2 atom stereocenters. The molecule has 0 fully saturated rings. The number of nitrogens with one attached hydrogen (secondary N) is 1. The molecule has 0 aromatic rings. The van der Waals surface area contributed by atoms with Crippen LogP contribution >= 0.6 is 0 Å². The van der Waals surface area contributed by atoms with Crippen molar-refractivity contribution in [1.29, 1.82) is 0 Å². The predicted octanol–water partition coefficient (Wildman–Crippen LogP) is 23.9. The Labute approximate surface area is 506 Å². The molecule has 3 N–H and O–H groups in total. The molecule has 0 aromatic heterocycles. The van der Waals surface area contributed by atoms with E-state index >= 15 is 0 Å². The average Bonchev–Trinajstić information content (AvgIpc) is 3.47. The van der Waals surface area contributed by atoms with E-state index in [9.17, 15) is 19.8 Å². The summed E-state index contributed by atoms with van der Waals surface area (Å²) in [4.78, 5) is 24.6. The Hall–Kier alpha value is -1.92. The molecule has 0 rings (SSSR count). The molecule has 0 aliphatic carbocycles. The summed E-state index contributed by atoms with van der Waals surface area (Å²) in [6.07, 6.45) is 91.0. The molecule has 0 aliphatic heterocycles. The third kappa shape index (κ3) is 67.1. The van der Waals surface area contributed by atoms with Gasteiger partial charge in [-0.15, -0.1) is 0 Å². The lowest BCUT2D eigenvalue weighted by atomic mass is 10.0. The number of hydrogen-bond acceptors (Lipinski definition) is 5. The number of hydrogen-bond donors (Lipinski definition) is 3. The summed E-state index contributed by atoms with van der Waals surface area (Å²) in [5, 5.41) is 23.2. The van der Waals surface area contributed by atoms with E-state index in [1.54, 1.807) is 6.08 Å². The van der Waals surface area contributed by atoms with Crippen molar-refractivity contribution >= 4 is 11.9 Å². The van der Waals surface area contributed by atoms with Gasteiger partial charge >= 0.3 is 5.97 Å². The Morgan fingerprint density at radius 3 is 0.988 bits per heavy atom. The maximum Gasteiger partial charge on any atom is 0.305 e. The maximum absolute atomic E-state index is 12.5. The quantitative estimate of drug-likeness (QED) is 0.0320. The van der Waals surface area contributed by atoms with Crippen LogP contribution in [0.25, 0.3) is 0 Å². The normalized spacial score (nSPS) is 12.7. The summed E-state index contributed by atoms with van der Waals surface area (Å²) < 4.78 is 5.48. The highest BCUT2D eigenvalue weighted by Crippen LogP contribution is 2.19. The summed E-state index contributed by atoms with van der Waals surface area (Å²) in [5.74, 6) is -0.0540. The zero-order valence-electron chi connectivity index (χ0n) is 54.8. The van der Waals surface area contributed by atoms with Crippen molar-refractivity contribution in [3.8, 4) is 0 Å². The number of esters is 1. The molecule has 478 valence electrons. The van der Waals surface area contributed by atoms with Gasteiger partial charge in [0.25, 0.3) is 0 Å². The molecule has 6 nitrogen and oxygen atoms in total. The van der Waals surface area contributed by atoms with Crippen molar-refractivity contribution in [3.05, 3.63) is 36.5 Å². The molecular formula is C75H143NO5. The van der Waals surface area contributed by atoms with Crippen molar-refractivity contribution in [2.24, 2.45) is 0 Å². The van der Waals surface area contributed by atoms with Crippen LogP contribution in [0.4, 0.5) is 0 Å². The van der Waals surface area contributed by atoms with Gasteiger partial charge in [0.05, 0.1) is 25.4 Å². The van der Waals surface area contributed by atoms with E-state index in [-0.39, 0.29) is 18.5 Å². The Morgan fingerprint density at radius 1 is 0.346 bits per heavy atom. The minimum absolute atomic E-state index is 0.00589. The molecular weight excluding hydrogens is 995 g/mol. The number of aliphatic hydroxyl groups is 2. The lowest BCUT2D eigenvalue weighted by molar-refractivity contribution is -0.143. The van der Waals surface area contributed by atoms with Gasteiger partial charge in [0.15, 0.2) is 0 Å². The number of ether oxygens (including phenoxy) is 1. The van der Waals surface area contributed by atoms with E-state index in [4.69, 9.17) is 4.74 Å². The van der Waals surface area contributed by atoms with Crippen LogP contribution in [0.2, 0.25) is 0 Å². The van der Waals surface area contributed by atoms with Crippen molar-refractivity contribution in [2.45, 2.75) is 418 Å². The Balaban J connectivity index is 3.35. The summed E-state index contributed by atoms with van der Waals surface area (Å²) in [5.41, 5.74) is 0.